The molecule has 0 aliphatic rings. The third-order valence-corrected chi connectivity index (χ3v) is 4.35. The van der Waals surface area contributed by atoms with Crippen molar-refractivity contribution < 1.29 is 19.1 Å². The van der Waals surface area contributed by atoms with Crippen LogP contribution < -0.4 is 10.9 Å². The molecule has 0 fully saturated rings. The summed E-state index contributed by atoms with van der Waals surface area (Å²) in [6.07, 6.45) is -1.06. The standard InChI is InChI=1S/C19H20N2O4S/c1-3-26-16-12-8-7-11-15(16)19(24)25-13(2)17(22)20-21-18(23)14-9-5-4-6-10-14/h4-13H,3H2,1-2H3,(H,20,22)(H,21,23)/t13-/m0/s1. The largest absolute Gasteiger partial charge is 0.449 e. The van der Waals surface area contributed by atoms with Crippen LogP contribution in [0.1, 0.15) is 34.6 Å². The molecule has 26 heavy (non-hydrogen) atoms. The van der Waals surface area contributed by atoms with Crippen LogP contribution in [0.25, 0.3) is 0 Å². The molecule has 0 aromatic heterocycles. The Morgan fingerprint density at radius 1 is 1.00 bits per heavy atom. The molecule has 0 heterocycles. The summed E-state index contributed by atoms with van der Waals surface area (Å²) in [5.74, 6) is -0.852. The lowest BCUT2D eigenvalue weighted by Crippen LogP contribution is -2.46. The van der Waals surface area contributed by atoms with E-state index in [0.29, 0.717) is 11.1 Å². The maximum absolute atomic E-state index is 12.3. The van der Waals surface area contributed by atoms with Crippen molar-refractivity contribution in [2.75, 3.05) is 5.75 Å². The fraction of sp³-hybridized carbons (Fsp3) is 0.211. The van der Waals surface area contributed by atoms with Crippen LogP contribution in [0.2, 0.25) is 0 Å². The average molecular weight is 372 g/mol. The van der Waals surface area contributed by atoms with E-state index < -0.39 is 23.9 Å². The van der Waals surface area contributed by atoms with Crippen molar-refractivity contribution in [2.45, 2.75) is 24.8 Å². The number of benzene rings is 2. The van der Waals surface area contributed by atoms with Gasteiger partial charge in [0.25, 0.3) is 11.8 Å². The second-order valence-electron chi connectivity index (χ2n) is 5.29. The van der Waals surface area contributed by atoms with Crippen molar-refractivity contribution in [1.82, 2.24) is 10.9 Å². The lowest BCUT2D eigenvalue weighted by Gasteiger charge is -2.15. The van der Waals surface area contributed by atoms with Crippen LogP contribution in [-0.4, -0.2) is 29.6 Å². The number of carbonyl (C=O) groups excluding carboxylic acids is 3. The van der Waals surface area contributed by atoms with Gasteiger partial charge in [-0.2, -0.15) is 0 Å². The van der Waals surface area contributed by atoms with Crippen LogP contribution in [0.5, 0.6) is 0 Å². The number of thioether (sulfide) groups is 1. The van der Waals surface area contributed by atoms with Crippen molar-refractivity contribution in [2.24, 2.45) is 0 Å². The van der Waals surface area contributed by atoms with Crippen LogP contribution >= 0.6 is 11.8 Å². The quantitative estimate of drug-likeness (QED) is 0.463. The van der Waals surface area contributed by atoms with Crippen molar-refractivity contribution >= 4 is 29.5 Å². The smallest absolute Gasteiger partial charge is 0.340 e. The van der Waals surface area contributed by atoms with E-state index >= 15 is 0 Å². The molecule has 136 valence electrons. The molecule has 6 nitrogen and oxygen atoms in total. The summed E-state index contributed by atoms with van der Waals surface area (Å²) in [6, 6.07) is 15.5. The van der Waals surface area contributed by atoms with Gasteiger partial charge in [-0.15, -0.1) is 11.8 Å². The second-order valence-corrected chi connectivity index (χ2v) is 6.59. The molecule has 0 bridgehead atoms. The highest BCUT2D eigenvalue weighted by molar-refractivity contribution is 7.99. The second kappa shape index (κ2) is 9.62. The number of carbonyl (C=O) groups is 3. The zero-order chi connectivity index (χ0) is 18.9. The van der Waals surface area contributed by atoms with E-state index in [-0.39, 0.29) is 0 Å². The van der Waals surface area contributed by atoms with Gasteiger partial charge in [-0.1, -0.05) is 37.3 Å². The topological polar surface area (TPSA) is 84.5 Å². The van der Waals surface area contributed by atoms with Gasteiger partial charge in [0, 0.05) is 10.5 Å². The summed E-state index contributed by atoms with van der Waals surface area (Å²) in [5, 5.41) is 0. The normalized spacial score (nSPS) is 11.3. The first-order chi connectivity index (χ1) is 12.5. The highest BCUT2D eigenvalue weighted by Gasteiger charge is 2.21. The fourth-order valence-electron chi connectivity index (χ4n) is 2.08. The number of hydrazine groups is 1. The minimum atomic E-state index is -1.06. The Morgan fingerprint density at radius 2 is 1.65 bits per heavy atom. The number of ether oxygens (including phenoxy) is 1. The van der Waals surface area contributed by atoms with Gasteiger partial charge < -0.3 is 4.74 Å². The SMILES string of the molecule is CCSc1ccccc1C(=O)O[C@@H](C)C(=O)NNC(=O)c1ccccc1. The number of hydrogen-bond acceptors (Lipinski definition) is 5. The van der Waals surface area contributed by atoms with Crippen LogP contribution in [0.4, 0.5) is 0 Å². The number of rotatable bonds is 6. The minimum absolute atomic E-state index is 0.406. The Kier molecular flexibility index (Phi) is 7.23. The molecule has 0 spiro atoms. The van der Waals surface area contributed by atoms with Crippen molar-refractivity contribution in [3.63, 3.8) is 0 Å². The lowest BCUT2D eigenvalue weighted by atomic mass is 10.2. The Morgan fingerprint density at radius 3 is 2.35 bits per heavy atom. The van der Waals surface area contributed by atoms with E-state index in [1.807, 2.05) is 19.1 Å². The molecule has 2 N–H and O–H groups in total. The average Bonchev–Trinajstić information content (AvgIpc) is 2.67. The molecular weight excluding hydrogens is 352 g/mol. The molecule has 0 saturated heterocycles. The van der Waals surface area contributed by atoms with Gasteiger partial charge in [-0.3, -0.25) is 20.4 Å². The monoisotopic (exact) mass is 372 g/mol. The summed E-state index contributed by atoms with van der Waals surface area (Å²) in [6.45, 7) is 3.43. The molecule has 7 heteroatoms. The highest BCUT2D eigenvalue weighted by Crippen LogP contribution is 2.23. The van der Waals surface area contributed by atoms with Gasteiger partial charge in [-0.05, 0) is 36.9 Å². The molecule has 1 atom stereocenters. The predicted octanol–water partition coefficient (Wildman–Crippen LogP) is 2.81. The highest BCUT2D eigenvalue weighted by atomic mass is 32.2. The number of nitrogens with one attached hydrogen (secondary N) is 2. The Hall–Kier alpha value is -2.80. The van der Waals surface area contributed by atoms with E-state index in [4.69, 9.17) is 4.74 Å². The fourth-order valence-corrected chi connectivity index (χ4v) is 2.87. The van der Waals surface area contributed by atoms with Crippen LogP contribution in [0.15, 0.2) is 59.5 Å². The first-order valence-electron chi connectivity index (χ1n) is 8.11. The maximum Gasteiger partial charge on any atom is 0.340 e. The summed E-state index contributed by atoms with van der Waals surface area (Å²) in [5.41, 5.74) is 5.36. The van der Waals surface area contributed by atoms with E-state index in [2.05, 4.69) is 10.9 Å². The first-order valence-corrected chi connectivity index (χ1v) is 9.09. The zero-order valence-electron chi connectivity index (χ0n) is 14.5. The summed E-state index contributed by atoms with van der Waals surface area (Å²) >= 11 is 1.52. The Labute approximate surface area is 156 Å². The third-order valence-electron chi connectivity index (χ3n) is 3.40. The molecule has 2 amide bonds. The summed E-state index contributed by atoms with van der Waals surface area (Å²) in [4.78, 5) is 37.1. The Balaban J connectivity index is 1.90. The molecular formula is C19H20N2O4S. The number of esters is 1. The van der Waals surface area contributed by atoms with Gasteiger partial charge in [0.15, 0.2) is 6.10 Å². The van der Waals surface area contributed by atoms with Crippen LogP contribution in [0.3, 0.4) is 0 Å². The van der Waals surface area contributed by atoms with E-state index in [0.717, 1.165) is 10.6 Å². The molecule has 2 aromatic rings. The van der Waals surface area contributed by atoms with Gasteiger partial charge in [0.05, 0.1) is 5.56 Å². The first kappa shape index (κ1) is 19.5. The minimum Gasteiger partial charge on any atom is -0.449 e. The van der Waals surface area contributed by atoms with Gasteiger partial charge in [0.1, 0.15) is 0 Å². The molecule has 0 unspecified atom stereocenters. The summed E-state index contributed by atoms with van der Waals surface area (Å²) in [7, 11) is 0. The van der Waals surface area contributed by atoms with E-state index in [1.165, 1.54) is 18.7 Å². The lowest BCUT2D eigenvalue weighted by molar-refractivity contribution is -0.129. The molecule has 0 aliphatic heterocycles. The van der Waals surface area contributed by atoms with Crippen molar-refractivity contribution in [3.05, 3.63) is 65.7 Å². The Bertz CT molecular complexity index is 780. The number of amides is 2. The third kappa shape index (κ3) is 5.35. The predicted molar refractivity (Wildman–Crippen MR) is 99.8 cm³/mol. The molecule has 2 aromatic carbocycles. The van der Waals surface area contributed by atoms with Gasteiger partial charge in [0.2, 0.25) is 0 Å². The zero-order valence-corrected chi connectivity index (χ0v) is 15.3. The van der Waals surface area contributed by atoms with Gasteiger partial charge >= 0.3 is 5.97 Å². The molecule has 0 radical (unpaired) electrons. The van der Waals surface area contributed by atoms with Crippen molar-refractivity contribution in [1.29, 1.82) is 0 Å². The van der Waals surface area contributed by atoms with E-state index in [9.17, 15) is 14.4 Å². The number of hydrogen-bond donors (Lipinski definition) is 2. The summed E-state index contributed by atoms with van der Waals surface area (Å²) < 4.78 is 5.21. The molecule has 0 saturated carbocycles. The van der Waals surface area contributed by atoms with Gasteiger partial charge in [-0.25, -0.2) is 4.79 Å². The maximum atomic E-state index is 12.3. The van der Waals surface area contributed by atoms with Crippen LogP contribution in [-0.2, 0) is 9.53 Å². The molecule has 2 rings (SSSR count). The van der Waals surface area contributed by atoms with E-state index in [1.54, 1.807) is 42.5 Å². The van der Waals surface area contributed by atoms with Crippen molar-refractivity contribution in [3.8, 4) is 0 Å². The van der Waals surface area contributed by atoms with Crippen LogP contribution in [0, 0.1) is 0 Å². The molecule has 0 aliphatic carbocycles.